The molecule has 14 heavy (non-hydrogen) atoms. The molecule has 1 aromatic carbocycles. The van der Waals surface area contributed by atoms with Gasteiger partial charge in [-0.15, -0.1) is 0 Å². The number of carbonyl (C=O) groups excluding carboxylic acids is 1. The van der Waals surface area contributed by atoms with E-state index in [-0.39, 0.29) is 5.97 Å². The fourth-order valence-electron chi connectivity index (χ4n) is 1.23. The average molecular weight is 190 g/mol. The second-order valence-corrected chi connectivity index (χ2v) is 3.18. The summed E-state index contributed by atoms with van der Waals surface area (Å²) in [7, 11) is 1.38. The van der Waals surface area contributed by atoms with Crippen molar-refractivity contribution in [3.05, 3.63) is 47.5 Å². The van der Waals surface area contributed by atoms with Crippen molar-refractivity contribution in [2.24, 2.45) is 0 Å². The molecule has 0 bridgehead atoms. The third kappa shape index (κ3) is 3.44. The second kappa shape index (κ2) is 5.22. The van der Waals surface area contributed by atoms with E-state index >= 15 is 0 Å². The minimum atomic E-state index is -0.293. The predicted octanol–water partition coefficient (Wildman–Crippen LogP) is 2.35. The first kappa shape index (κ1) is 10.5. The summed E-state index contributed by atoms with van der Waals surface area (Å²) in [6.07, 6.45) is 2.31. The average Bonchev–Trinajstić information content (AvgIpc) is 2.19. The first-order valence-corrected chi connectivity index (χ1v) is 4.51. The SMILES string of the molecule is COC(=O)/C=C(/C)Cc1ccccc1. The molecule has 0 atom stereocenters. The van der Waals surface area contributed by atoms with Gasteiger partial charge in [0.1, 0.15) is 0 Å². The minimum Gasteiger partial charge on any atom is -0.466 e. The van der Waals surface area contributed by atoms with Crippen molar-refractivity contribution < 1.29 is 9.53 Å². The number of esters is 1. The lowest BCUT2D eigenvalue weighted by Gasteiger charge is -2.00. The molecule has 74 valence electrons. The lowest BCUT2D eigenvalue weighted by Crippen LogP contribution is -1.97. The van der Waals surface area contributed by atoms with Gasteiger partial charge in [-0.25, -0.2) is 4.79 Å². The van der Waals surface area contributed by atoms with Gasteiger partial charge in [0.15, 0.2) is 0 Å². The van der Waals surface area contributed by atoms with Gasteiger partial charge in [-0.05, 0) is 18.9 Å². The molecule has 0 aliphatic rings. The lowest BCUT2D eigenvalue weighted by atomic mass is 10.1. The first-order valence-electron chi connectivity index (χ1n) is 4.51. The molecular formula is C12H14O2. The highest BCUT2D eigenvalue weighted by atomic mass is 16.5. The number of allylic oxidation sites excluding steroid dienone is 1. The Morgan fingerprint density at radius 1 is 1.36 bits per heavy atom. The highest BCUT2D eigenvalue weighted by Crippen LogP contribution is 2.06. The number of carbonyl (C=O) groups is 1. The molecule has 0 saturated heterocycles. The molecule has 0 N–H and O–H groups in total. The van der Waals surface area contributed by atoms with Crippen LogP contribution in [-0.4, -0.2) is 13.1 Å². The fraction of sp³-hybridized carbons (Fsp3) is 0.250. The van der Waals surface area contributed by atoms with Crippen LogP contribution in [0.5, 0.6) is 0 Å². The molecule has 0 radical (unpaired) electrons. The molecule has 0 amide bonds. The van der Waals surface area contributed by atoms with Gasteiger partial charge in [-0.1, -0.05) is 35.9 Å². The predicted molar refractivity (Wildman–Crippen MR) is 55.9 cm³/mol. The van der Waals surface area contributed by atoms with Gasteiger partial charge in [-0.3, -0.25) is 0 Å². The van der Waals surface area contributed by atoms with E-state index in [1.807, 2.05) is 37.3 Å². The Morgan fingerprint density at radius 2 is 2.00 bits per heavy atom. The van der Waals surface area contributed by atoms with Crippen LogP contribution in [0.1, 0.15) is 12.5 Å². The molecule has 2 heteroatoms. The molecule has 2 nitrogen and oxygen atoms in total. The zero-order chi connectivity index (χ0) is 10.4. The third-order valence-electron chi connectivity index (χ3n) is 1.89. The largest absolute Gasteiger partial charge is 0.466 e. The van der Waals surface area contributed by atoms with E-state index in [4.69, 9.17) is 0 Å². The number of hydrogen-bond acceptors (Lipinski definition) is 2. The number of hydrogen-bond donors (Lipinski definition) is 0. The summed E-state index contributed by atoms with van der Waals surface area (Å²) in [5, 5.41) is 0. The van der Waals surface area contributed by atoms with Crippen LogP contribution in [0.4, 0.5) is 0 Å². The molecule has 0 aliphatic carbocycles. The van der Waals surface area contributed by atoms with Crippen molar-refractivity contribution in [2.75, 3.05) is 7.11 Å². The topological polar surface area (TPSA) is 26.3 Å². The van der Waals surface area contributed by atoms with Crippen molar-refractivity contribution in [1.29, 1.82) is 0 Å². The van der Waals surface area contributed by atoms with E-state index in [1.165, 1.54) is 18.7 Å². The van der Waals surface area contributed by atoms with E-state index in [0.717, 1.165) is 12.0 Å². The van der Waals surface area contributed by atoms with Crippen LogP contribution >= 0.6 is 0 Å². The zero-order valence-electron chi connectivity index (χ0n) is 8.49. The quantitative estimate of drug-likeness (QED) is 0.540. The van der Waals surface area contributed by atoms with Crippen molar-refractivity contribution in [1.82, 2.24) is 0 Å². The maximum atomic E-state index is 10.9. The Morgan fingerprint density at radius 3 is 2.57 bits per heavy atom. The summed E-state index contributed by atoms with van der Waals surface area (Å²) in [6.45, 7) is 1.92. The molecule has 0 aliphatic heterocycles. The van der Waals surface area contributed by atoms with Gasteiger partial charge >= 0.3 is 5.97 Å². The van der Waals surface area contributed by atoms with Gasteiger partial charge in [0.05, 0.1) is 7.11 Å². The van der Waals surface area contributed by atoms with Crippen molar-refractivity contribution in [2.45, 2.75) is 13.3 Å². The Labute approximate surface area is 84.2 Å². The fourth-order valence-corrected chi connectivity index (χ4v) is 1.23. The summed E-state index contributed by atoms with van der Waals surface area (Å²) < 4.78 is 4.54. The van der Waals surface area contributed by atoms with Gasteiger partial charge in [0, 0.05) is 6.08 Å². The second-order valence-electron chi connectivity index (χ2n) is 3.18. The molecule has 0 aromatic heterocycles. The molecule has 1 aromatic rings. The molecule has 0 saturated carbocycles. The molecular weight excluding hydrogens is 176 g/mol. The Kier molecular flexibility index (Phi) is 3.92. The smallest absolute Gasteiger partial charge is 0.330 e. The minimum absolute atomic E-state index is 0.293. The molecule has 1 rings (SSSR count). The van der Waals surface area contributed by atoms with Gasteiger partial charge in [0.25, 0.3) is 0 Å². The van der Waals surface area contributed by atoms with Gasteiger partial charge in [0.2, 0.25) is 0 Å². The summed E-state index contributed by atoms with van der Waals surface area (Å²) in [4.78, 5) is 10.9. The summed E-state index contributed by atoms with van der Waals surface area (Å²) in [6, 6.07) is 10.0. The lowest BCUT2D eigenvalue weighted by molar-refractivity contribution is -0.134. The van der Waals surface area contributed by atoms with Crippen molar-refractivity contribution >= 4 is 5.97 Å². The molecule has 0 heterocycles. The standard InChI is InChI=1S/C12H14O2/c1-10(9-12(13)14-2)8-11-6-4-3-5-7-11/h3-7,9H,8H2,1-2H3/b10-9-. The number of methoxy groups -OCH3 is 1. The summed E-state index contributed by atoms with van der Waals surface area (Å²) >= 11 is 0. The molecule has 0 spiro atoms. The van der Waals surface area contributed by atoms with E-state index in [1.54, 1.807) is 0 Å². The first-order chi connectivity index (χ1) is 6.72. The van der Waals surface area contributed by atoms with Crippen LogP contribution < -0.4 is 0 Å². The summed E-state index contributed by atoms with van der Waals surface area (Å²) in [5.41, 5.74) is 2.20. The van der Waals surface area contributed by atoms with E-state index in [9.17, 15) is 4.79 Å². The van der Waals surface area contributed by atoms with Gasteiger partial charge < -0.3 is 4.74 Å². The molecule has 0 unspecified atom stereocenters. The monoisotopic (exact) mass is 190 g/mol. The normalized spacial score (nSPS) is 11.1. The van der Waals surface area contributed by atoms with E-state index < -0.39 is 0 Å². The summed E-state index contributed by atoms with van der Waals surface area (Å²) in [5.74, 6) is -0.293. The van der Waals surface area contributed by atoms with Gasteiger partial charge in [-0.2, -0.15) is 0 Å². The van der Waals surface area contributed by atoms with Crippen LogP contribution in [-0.2, 0) is 16.0 Å². The van der Waals surface area contributed by atoms with Crippen molar-refractivity contribution in [3.63, 3.8) is 0 Å². The third-order valence-corrected chi connectivity index (χ3v) is 1.89. The zero-order valence-corrected chi connectivity index (χ0v) is 8.49. The molecule has 0 fully saturated rings. The van der Waals surface area contributed by atoms with Crippen LogP contribution in [0.3, 0.4) is 0 Å². The number of benzene rings is 1. The highest BCUT2D eigenvalue weighted by Gasteiger charge is 1.97. The van der Waals surface area contributed by atoms with Crippen LogP contribution in [0.15, 0.2) is 42.0 Å². The Bertz CT molecular complexity index is 325. The van der Waals surface area contributed by atoms with Crippen LogP contribution in [0.2, 0.25) is 0 Å². The Balaban J connectivity index is 2.61. The maximum Gasteiger partial charge on any atom is 0.330 e. The maximum absolute atomic E-state index is 10.9. The van der Waals surface area contributed by atoms with E-state index in [0.29, 0.717) is 0 Å². The number of rotatable bonds is 3. The van der Waals surface area contributed by atoms with Crippen molar-refractivity contribution in [3.8, 4) is 0 Å². The van der Waals surface area contributed by atoms with E-state index in [2.05, 4.69) is 4.74 Å². The highest BCUT2D eigenvalue weighted by molar-refractivity contribution is 5.82. The number of ether oxygens (including phenoxy) is 1. The van der Waals surface area contributed by atoms with Crippen LogP contribution in [0.25, 0.3) is 0 Å². The Hall–Kier alpha value is -1.57. The van der Waals surface area contributed by atoms with Crippen LogP contribution in [0, 0.1) is 0 Å².